The maximum Gasteiger partial charge on any atom is 0.249 e. The summed E-state index contributed by atoms with van der Waals surface area (Å²) in [5.74, 6) is -0.0364. The molecular formula is C13H14BrN3O2. The first-order valence-corrected chi connectivity index (χ1v) is 6.84. The predicted molar refractivity (Wildman–Crippen MR) is 75.5 cm³/mol. The standard InChI is InChI=1S/C13H14BrN3O2/c14-10-5-6-15-11(9-10)16-12(18)3-4-13(19)17-7-1-2-8-17/h3-6,9H,1-2,7-8H2,(H,15,16,18). The molecule has 0 radical (unpaired) electrons. The number of halogens is 1. The lowest BCUT2D eigenvalue weighted by molar-refractivity contribution is -0.125. The van der Waals surface area contributed by atoms with Crippen LogP contribution in [0.25, 0.3) is 0 Å². The number of carbonyl (C=O) groups excluding carboxylic acids is 2. The molecule has 19 heavy (non-hydrogen) atoms. The summed E-state index contributed by atoms with van der Waals surface area (Å²) in [4.78, 5) is 29.0. The second-order valence-corrected chi connectivity index (χ2v) is 5.13. The molecule has 0 aromatic carbocycles. The van der Waals surface area contributed by atoms with E-state index in [1.807, 2.05) is 0 Å². The van der Waals surface area contributed by atoms with Gasteiger partial charge in [0.2, 0.25) is 11.8 Å². The number of nitrogens with one attached hydrogen (secondary N) is 1. The molecule has 1 aromatic rings. The number of hydrogen-bond donors (Lipinski definition) is 1. The van der Waals surface area contributed by atoms with Crippen LogP contribution in [-0.4, -0.2) is 34.8 Å². The van der Waals surface area contributed by atoms with Gasteiger partial charge in [-0.3, -0.25) is 9.59 Å². The van der Waals surface area contributed by atoms with Crippen molar-refractivity contribution in [1.82, 2.24) is 9.88 Å². The van der Waals surface area contributed by atoms with E-state index in [0.717, 1.165) is 30.4 Å². The third kappa shape index (κ3) is 4.17. The van der Waals surface area contributed by atoms with Crippen LogP contribution in [-0.2, 0) is 9.59 Å². The highest BCUT2D eigenvalue weighted by Crippen LogP contribution is 2.12. The Morgan fingerprint density at radius 2 is 2.05 bits per heavy atom. The zero-order valence-corrected chi connectivity index (χ0v) is 11.9. The molecular weight excluding hydrogens is 310 g/mol. The van der Waals surface area contributed by atoms with Gasteiger partial charge in [-0.05, 0) is 25.0 Å². The Morgan fingerprint density at radius 1 is 1.32 bits per heavy atom. The molecule has 1 aliphatic heterocycles. The van der Waals surface area contributed by atoms with Gasteiger partial charge in [0, 0.05) is 35.9 Å². The average molecular weight is 324 g/mol. The molecule has 2 rings (SSSR count). The predicted octanol–water partition coefficient (Wildman–Crippen LogP) is 1.96. The fourth-order valence-electron chi connectivity index (χ4n) is 1.83. The highest BCUT2D eigenvalue weighted by Gasteiger charge is 2.15. The molecule has 1 aliphatic rings. The van der Waals surface area contributed by atoms with E-state index in [1.54, 1.807) is 23.2 Å². The Kier molecular flexibility index (Phi) is 4.68. The Labute approximate surface area is 119 Å². The lowest BCUT2D eigenvalue weighted by Gasteiger charge is -2.11. The fraction of sp³-hybridized carbons (Fsp3) is 0.308. The van der Waals surface area contributed by atoms with Crippen LogP contribution in [0.3, 0.4) is 0 Å². The van der Waals surface area contributed by atoms with Gasteiger partial charge in [-0.25, -0.2) is 4.98 Å². The number of aromatic nitrogens is 1. The summed E-state index contributed by atoms with van der Waals surface area (Å²) < 4.78 is 0.829. The molecule has 6 heteroatoms. The fourth-order valence-corrected chi connectivity index (χ4v) is 2.17. The van der Waals surface area contributed by atoms with Crippen molar-refractivity contribution in [3.63, 3.8) is 0 Å². The summed E-state index contributed by atoms with van der Waals surface area (Å²) >= 11 is 3.29. The van der Waals surface area contributed by atoms with E-state index in [1.165, 1.54) is 12.2 Å². The number of hydrogen-bond acceptors (Lipinski definition) is 3. The lowest BCUT2D eigenvalue weighted by Crippen LogP contribution is -2.26. The van der Waals surface area contributed by atoms with Gasteiger partial charge in [-0.1, -0.05) is 15.9 Å². The molecule has 0 atom stereocenters. The molecule has 1 saturated heterocycles. The third-order valence-corrected chi connectivity index (χ3v) is 3.26. The van der Waals surface area contributed by atoms with E-state index in [0.29, 0.717) is 5.82 Å². The summed E-state index contributed by atoms with van der Waals surface area (Å²) in [5.41, 5.74) is 0. The summed E-state index contributed by atoms with van der Waals surface area (Å²) in [6, 6.07) is 3.45. The first-order valence-electron chi connectivity index (χ1n) is 6.05. The lowest BCUT2D eigenvalue weighted by atomic mass is 10.4. The van der Waals surface area contributed by atoms with Gasteiger partial charge in [-0.15, -0.1) is 0 Å². The molecule has 1 aromatic heterocycles. The molecule has 2 amide bonds. The molecule has 0 bridgehead atoms. The minimum absolute atomic E-state index is 0.116. The van der Waals surface area contributed by atoms with E-state index >= 15 is 0 Å². The van der Waals surface area contributed by atoms with Crippen molar-refractivity contribution >= 4 is 33.6 Å². The van der Waals surface area contributed by atoms with Crippen LogP contribution in [0.5, 0.6) is 0 Å². The van der Waals surface area contributed by atoms with Crippen molar-refractivity contribution in [1.29, 1.82) is 0 Å². The number of likely N-dealkylation sites (tertiary alicyclic amines) is 1. The number of pyridine rings is 1. The average Bonchev–Trinajstić information content (AvgIpc) is 2.90. The Bertz CT molecular complexity index is 510. The minimum atomic E-state index is -0.363. The summed E-state index contributed by atoms with van der Waals surface area (Å²) in [5, 5.41) is 2.59. The molecule has 0 saturated carbocycles. The van der Waals surface area contributed by atoms with Crippen molar-refractivity contribution in [2.75, 3.05) is 18.4 Å². The summed E-state index contributed by atoms with van der Waals surface area (Å²) in [7, 11) is 0. The monoisotopic (exact) mass is 323 g/mol. The molecule has 0 spiro atoms. The van der Waals surface area contributed by atoms with Crippen LogP contribution in [0, 0.1) is 0 Å². The first-order chi connectivity index (χ1) is 9.15. The molecule has 0 aliphatic carbocycles. The summed E-state index contributed by atoms with van der Waals surface area (Å²) in [6.07, 6.45) is 6.20. The van der Waals surface area contributed by atoms with Crippen LogP contribution in [0.4, 0.5) is 5.82 Å². The van der Waals surface area contributed by atoms with Crippen molar-refractivity contribution in [3.8, 4) is 0 Å². The van der Waals surface area contributed by atoms with Crippen LogP contribution in [0.2, 0.25) is 0 Å². The van der Waals surface area contributed by atoms with Crippen molar-refractivity contribution in [2.45, 2.75) is 12.8 Å². The first kappa shape index (κ1) is 13.7. The highest BCUT2D eigenvalue weighted by molar-refractivity contribution is 9.10. The molecule has 1 fully saturated rings. The van der Waals surface area contributed by atoms with Gasteiger partial charge in [0.1, 0.15) is 5.82 Å². The zero-order valence-electron chi connectivity index (χ0n) is 10.3. The van der Waals surface area contributed by atoms with Crippen molar-refractivity contribution < 1.29 is 9.59 Å². The van der Waals surface area contributed by atoms with Crippen LogP contribution in [0.1, 0.15) is 12.8 Å². The van der Waals surface area contributed by atoms with Gasteiger partial charge in [0.25, 0.3) is 0 Å². The number of amides is 2. The second-order valence-electron chi connectivity index (χ2n) is 4.21. The minimum Gasteiger partial charge on any atom is -0.339 e. The Hall–Kier alpha value is -1.69. The normalized spacial score (nSPS) is 14.9. The smallest absolute Gasteiger partial charge is 0.249 e. The molecule has 5 nitrogen and oxygen atoms in total. The van der Waals surface area contributed by atoms with Gasteiger partial charge in [0.05, 0.1) is 0 Å². The quantitative estimate of drug-likeness (QED) is 0.865. The van der Waals surface area contributed by atoms with Crippen LogP contribution >= 0.6 is 15.9 Å². The van der Waals surface area contributed by atoms with Gasteiger partial charge >= 0.3 is 0 Å². The molecule has 1 N–H and O–H groups in total. The highest BCUT2D eigenvalue weighted by atomic mass is 79.9. The summed E-state index contributed by atoms with van der Waals surface area (Å²) in [6.45, 7) is 1.55. The van der Waals surface area contributed by atoms with Gasteiger partial charge in [0.15, 0.2) is 0 Å². The molecule has 100 valence electrons. The van der Waals surface area contributed by atoms with Crippen LogP contribution in [0.15, 0.2) is 35.0 Å². The Balaban J connectivity index is 1.88. The van der Waals surface area contributed by atoms with E-state index < -0.39 is 0 Å². The second kappa shape index (κ2) is 6.47. The number of nitrogens with zero attached hydrogens (tertiary/aromatic N) is 2. The third-order valence-electron chi connectivity index (χ3n) is 2.77. The maximum atomic E-state index is 11.7. The van der Waals surface area contributed by atoms with Crippen molar-refractivity contribution in [3.05, 3.63) is 35.0 Å². The van der Waals surface area contributed by atoms with E-state index in [4.69, 9.17) is 0 Å². The van der Waals surface area contributed by atoms with Gasteiger partial charge < -0.3 is 10.2 Å². The maximum absolute atomic E-state index is 11.7. The molecule has 0 unspecified atom stereocenters. The molecule has 2 heterocycles. The van der Waals surface area contributed by atoms with Crippen molar-refractivity contribution in [2.24, 2.45) is 0 Å². The SMILES string of the molecule is O=C(C=CC(=O)N1CCCC1)Nc1cc(Br)ccn1. The number of anilines is 1. The largest absolute Gasteiger partial charge is 0.339 e. The van der Waals surface area contributed by atoms with Gasteiger partial charge in [-0.2, -0.15) is 0 Å². The van der Waals surface area contributed by atoms with E-state index in [-0.39, 0.29) is 11.8 Å². The topological polar surface area (TPSA) is 62.3 Å². The number of rotatable bonds is 3. The number of carbonyl (C=O) groups is 2. The van der Waals surface area contributed by atoms with Crippen LogP contribution < -0.4 is 5.32 Å². The van der Waals surface area contributed by atoms with E-state index in [9.17, 15) is 9.59 Å². The zero-order chi connectivity index (χ0) is 13.7. The Morgan fingerprint density at radius 3 is 2.74 bits per heavy atom. The van der Waals surface area contributed by atoms with E-state index in [2.05, 4.69) is 26.2 Å².